The lowest BCUT2D eigenvalue weighted by Gasteiger charge is -2.37. The lowest BCUT2D eigenvalue weighted by atomic mass is 9.82. The van der Waals surface area contributed by atoms with Gasteiger partial charge in [-0.15, -0.1) is 0 Å². The maximum atomic E-state index is 7.27. The molecule has 0 spiro atoms. The van der Waals surface area contributed by atoms with Gasteiger partial charge < -0.3 is 28.7 Å². The maximum absolute atomic E-state index is 7.27. The number of anilines is 2. The van der Waals surface area contributed by atoms with Gasteiger partial charge in [0.15, 0.2) is 11.2 Å². The van der Waals surface area contributed by atoms with E-state index in [2.05, 4.69) is 315 Å². The average molecular weight is 1280 g/mol. The first-order chi connectivity index (χ1) is 48.4. The number of benzene rings is 12. The summed E-state index contributed by atoms with van der Waals surface area (Å²) in [7, 11) is 0. The average Bonchev–Trinajstić information content (AvgIpc) is 0.909. The van der Waals surface area contributed by atoms with Crippen LogP contribution >= 0.6 is 0 Å². The standard InChI is InChI=1S/C47H45NO2.C45H41NO2/c1-2-3-4-12-33-49-41-27-21-36(22-28-41)35-17-19-37(20-18-35)45-34-46-44(42-15-8-9-16-43(42)45)29-30-47(50-46,38-13-6-5-7-14-38)39-23-25-40(26-24-39)48-31-10-11-32-48;1-2-3-31-47-39-25-19-34(20-26-39)33-15-17-35(18-16-33)43-32-44-42(40-13-7-8-14-41(40)43)27-28-45(48-44,36-11-5-4-6-12-36)37-21-23-38(24-22-37)46-29-9-10-30-46/h5-9,13-30,34H,2-4,10-12,31-33H2,1H3;4-8,11-28,32H,2-3,9-10,29-31H2,1H3. The molecule has 2 atom stereocenters. The fourth-order valence-electron chi connectivity index (χ4n) is 14.9. The highest BCUT2D eigenvalue weighted by Crippen LogP contribution is 2.50. The van der Waals surface area contributed by atoms with Crippen LogP contribution in [0.4, 0.5) is 11.4 Å². The Labute approximate surface area is 579 Å². The van der Waals surface area contributed by atoms with E-state index in [0.29, 0.717) is 0 Å². The molecule has 0 saturated carbocycles. The molecule has 4 aliphatic heterocycles. The third kappa shape index (κ3) is 13.1. The van der Waals surface area contributed by atoms with Crippen molar-refractivity contribution in [2.45, 2.75) is 89.3 Å². The molecule has 6 nitrogen and oxygen atoms in total. The third-order valence-corrected chi connectivity index (χ3v) is 20.3. The molecule has 12 aromatic carbocycles. The Bertz CT molecular complexity index is 4730. The van der Waals surface area contributed by atoms with Crippen molar-refractivity contribution in [3.63, 3.8) is 0 Å². The first-order valence-electron chi connectivity index (χ1n) is 35.8. The maximum Gasteiger partial charge on any atom is 0.178 e. The molecule has 4 heterocycles. The van der Waals surface area contributed by atoms with E-state index in [1.807, 2.05) is 0 Å². The Balaban J connectivity index is 0.000000160. The summed E-state index contributed by atoms with van der Waals surface area (Å²) in [6.07, 6.45) is 21.1. The van der Waals surface area contributed by atoms with Crippen LogP contribution in [0.25, 0.3) is 78.2 Å². The molecule has 0 aromatic heterocycles. The predicted molar refractivity (Wildman–Crippen MR) is 409 cm³/mol. The van der Waals surface area contributed by atoms with E-state index in [0.717, 1.165) is 126 Å². The minimum Gasteiger partial charge on any atom is -0.494 e. The molecule has 4 aliphatic rings. The minimum atomic E-state index is -0.743. The molecule has 2 fully saturated rings. The number of unbranched alkanes of at least 4 members (excludes halogenated alkanes) is 4. The Morgan fingerprint density at radius 1 is 0.327 bits per heavy atom. The molecule has 12 aromatic rings. The summed E-state index contributed by atoms with van der Waals surface area (Å²) < 4.78 is 26.4. The molecule has 0 amide bonds. The molecule has 2 unspecified atom stereocenters. The van der Waals surface area contributed by atoms with Crippen molar-refractivity contribution >= 4 is 45.1 Å². The number of rotatable bonds is 20. The highest BCUT2D eigenvalue weighted by molar-refractivity contribution is 6.05. The van der Waals surface area contributed by atoms with E-state index in [4.69, 9.17) is 18.9 Å². The monoisotopic (exact) mass is 1280 g/mol. The van der Waals surface area contributed by atoms with Gasteiger partial charge in [0.25, 0.3) is 0 Å². The summed E-state index contributed by atoms with van der Waals surface area (Å²) in [4.78, 5) is 4.96. The number of hydrogen-bond acceptors (Lipinski definition) is 6. The van der Waals surface area contributed by atoms with Crippen molar-refractivity contribution < 1.29 is 18.9 Å². The molecule has 0 N–H and O–H groups in total. The topological polar surface area (TPSA) is 43.4 Å². The molecule has 0 bridgehead atoms. The van der Waals surface area contributed by atoms with Gasteiger partial charge in [0, 0.05) is 70.9 Å². The van der Waals surface area contributed by atoms with Gasteiger partial charge in [-0.25, -0.2) is 0 Å². The smallest absolute Gasteiger partial charge is 0.178 e. The van der Waals surface area contributed by atoms with E-state index in [1.54, 1.807) is 0 Å². The number of nitrogens with zero attached hydrogens (tertiary/aromatic N) is 2. The first kappa shape index (κ1) is 63.5. The first-order valence-corrected chi connectivity index (χ1v) is 35.8. The van der Waals surface area contributed by atoms with Crippen LogP contribution in [0.3, 0.4) is 0 Å². The van der Waals surface area contributed by atoms with Crippen LogP contribution in [0.5, 0.6) is 23.0 Å². The van der Waals surface area contributed by atoms with Gasteiger partial charge >= 0.3 is 0 Å². The van der Waals surface area contributed by atoms with E-state index >= 15 is 0 Å². The van der Waals surface area contributed by atoms with Gasteiger partial charge in [0.05, 0.1) is 13.2 Å². The summed E-state index contributed by atoms with van der Waals surface area (Å²) in [5.74, 6) is 3.64. The van der Waals surface area contributed by atoms with Crippen molar-refractivity contribution in [1.82, 2.24) is 0 Å². The Kier molecular flexibility index (Phi) is 18.8. The van der Waals surface area contributed by atoms with E-state index in [1.165, 1.54) is 111 Å². The van der Waals surface area contributed by atoms with Crippen molar-refractivity contribution in [2.24, 2.45) is 0 Å². The van der Waals surface area contributed by atoms with E-state index in [-0.39, 0.29) is 0 Å². The Hall–Kier alpha value is -10.6. The fraction of sp³-hybridized carbons (Fsp3) is 0.217. The molecule has 98 heavy (non-hydrogen) atoms. The zero-order chi connectivity index (χ0) is 66.1. The normalized spacial score (nSPS) is 16.8. The molecule has 488 valence electrons. The number of ether oxygens (including phenoxy) is 4. The van der Waals surface area contributed by atoms with Crippen molar-refractivity contribution in [3.8, 4) is 67.5 Å². The fourth-order valence-corrected chi connectivity index (χ4v) is 14.9. The highest BCUT2D eigenvalue weighted by Gasteiger charge is 2.40. The summed E-state index contributed by atoms with van der Waals surface area (Å²) >= 11 is 0. The molecule has 2 saturated heterocycles. The van der Waals surface area contributed by atoms with E-state index in [9.17, 15) is 0 Å². The van der Waals surface area contributed by atoms with Crippen LogP contribution in [0, 0.1) is 0 Å². The molecular formula is C92H86N2O4. The van der Waals surface area contributed by atoms with Gasteiger partial charge in [0.1, 0.15) is 23.0 Å². The van der Waals surface area contributed by atoms with Crippen LogP contribution in [-0.4, -0.2) is 39.4 Å². The highest BCUT2D eigenvalue weighted by atomic mass is 16.5. The van der Waals surface area contributed by atoms with Gasteiger partial charge in [-0.1, -0.05) is 246 Å². The summed E-state index contributed by atoms with van der Waals surface area (Å²) in [6, 6.07) is 95.9. The van der Waals surface area contributed by atoms with Crippen LogP contribution in [-0.2, 0) is 11.2 Å². The summed E-state index contributed by atoms with van der Waals surface area (Å²) in [5.41, 5.74) is 17.2. The zero-order valence-electron chi connectivity index (χ0n) is 56.6. The molecule has 0 radical (unpaired) electrons. The lowest BCUT2D eigenvalue weighted by molar-refractivity contribution is 0.161. The number of fused-ring (bicyclic) bond motifs is 6. The second-order valence-electron chi connectivity index (χ2n) is 26.6. The van der Waals surface area contributed by atoms with Crippen molar-refractivity contribution in [3.05, 3.63) is 312 Å². The van der Waals surface area contributed by atoms with Crippen LogP contribution in [0.1, 0.15) is 111 Å². The summed E-state index contributed by atoms with van der Waals surface area (Å²) in [6.45, 7) is 10.5. The minimum absolute atomic E-state index is 0.742. The van der Waals surface area contributed by atoms with E-state index < -0.39 is 11.2 Å². The lowest BCUT2D eigenvalue weighted by Crippen LogP contribution is -2.34. The SMILES string of the molecule is CCCCCCOc1ccc(-c2ccc(-c3cc4c(c5ccccc35)C=CC(c3ccccc3)(c3ccc(N5CCCC5)cc3)O4)cc2)cc1.CCCCOc1ccc(-c2ccc(-c3cc4c(c5ccccc35)C=CC(c3ccccc3)(c3ccc(N5CCCC5)cc3)O4)cc2)cc1. The summed E-state index contributed by atoms with van der Waals surface area (Å²) in [5, 5.41) is 4.81. The van der Waals surface area contributed by atoms with Crippen molar-refractivity contribution in [1.29, 1.82) is 0 Å². The third-order valence-electron chi connectivity index (χ3n) is 20.3. The Morgan fingerprint density at radius 3 is 1.05 bits per heavy atom. The zero-order valence-corrected chi connectivity index (χ0v) is 56.6. The second kappa shape index (κ2) is 29.0. The predicted octanol–water partition coefficient (Wildman–Crippen LogP) is 23.4. The van der Waals surface area contributed by atoms with Gasteiger partial charge in [-0.3, -0.25) is 0 Å². The molecular weight excluding hydrogens is 1200 g/mol. The van der Waals surface area contributed by atoms with Gasteiger partial charge in [-0.05, 0) is 190 Å². The quantitative estimate of drug-likeness (QED) is 0.0709. The van der Waals surface area contributed by atoms with Crippen LogP contribution in [0.2, 0.25) is 0 Å². The van der Waals surface area contributed by atoms with Gasteiger partial charge in [0.2, 0.25) is 0 Å². The molecule has 6 heteroatoms. The van der Waals surface area contributed by atoms with Crippen molar-refractivity contribution in [2.75, 3.05) is 49.2 Å². The van der Waals surface area contributed by atoms with Crippen LogP contribution < -0.4 is 28.7 Å². The largest absolute Gasteiger partial charge is 0.494 e. The molecule has 0 aliphatic carbocycles. The Morgan fingerprint density at radius 2 is 0.663 bits per heavy atom. The van der Waals surface area contributed by atoms with Crippen LogP contribution in [0.15, 0.2) is 279 Å². The molecule has 16 rings (SSSR count). The van der Waals surface area contributed by atoms with Gasteiger partial charge in [-0.2, -0.15) is 0 Å². The second-order valence-corrected chi connectivity index (χ2v) is 26.6. The number of hydrogen-bond donors (Lipinski definition) is 0.